The van der Waals surface area contributed by atoms with Crippen LogP contribution in [-0.2, 0) is 24.2 Å². The van der Waals surface area contributed by atoms with Gasteiger partial charge in [-0.05, 0) is 30.5 Å². The third kappa shape index (κ3) is 3.47. The van der Waals surface area contributed by atoms with Gasteiger partial charge in [-0.2, -0.15) is 0 Å². The second-order valence-electron chi connectivity index (χ2n) is 5.59. The second-order valence-corrected chi connectivity index (χ2v) is 5.59. The standard InChI is InChI=1S/C17H21N3O2/c1-2-13-3-6-15(7-4-13)22-12-17(21)19-14-5-8-16-18-9-10-20(16)11-14/h3-4,6-7,9-10,14H,2,5,8,11-12H2,1H3,(H,19,21). The zero-order valence-electron chi connectivity index (χ0n) is 12.8. The van der Waals surface area contributed by atoms with Crippen LogP contribution in [0.2, 0.25) is 0 Å². The fourth-order valence-corrected chi connectivity index (χ4v) is 2.72. The van der Waals surface area contributed by atoms with Gasteiger partial charge in [-0.1, -0.05) is 19.1 Å². The van der Waals surface area contributed by atoms with Crippen LogP contribution in [-0.4, -0.2) is 28.1 Å². The lowest BCUT2D eigenvalue weighted by Gasteiger charge is -2.24. The summed E-state index contributed by atoms with van der Waals surface area (Å²) in [6.45, 7) is 2.95. The molecule has 1 aliphatic rings. The smallest absolute Gasteiger partial charge is 0.258 e. The Morgan fingerprint density at radius 2 is 2.23 bits per heavy atom. The lowest BCUT2D eigenvalue weighted by molar-refractivity contribution is -0.124. The maximum Gasteiger partial charge on any atom is 0.258 e. The Hall–Kier alpha value is -2.30. The molecule has 1 aromatic carbocycles. The molecule has 0 saturated heterocycles. The Balaban J connectivity index is 1.46. The van der Waals surface area contributed by atoms with Crippen LogP contribution in [0.4, 0.5) is 0 Å². The van der Waals surface area contributed by atoms with Gasteiger partial charge in [-0.15, -0.1) is 0 Å². The van der Waals surface area contributed by atoms with Gasteiger partial charge in [0.05, 0.1) is 0 Å². The van der Waals surface area contributed by atoms with E-state index in [4.69, 9.17) is 4.74 Å². The summed E-state index contributed by atoms with van der Waals surface area (Å²) in [5.74, 6) is 1.75. The number of amides is 1. The van der Waals surface area contributed by atoms with Crippen molar-refractivity contribution in [3.05, 3.63) is 48.0 Å². The first-order valence-corrected chi connectivity index (χ1v) is 7.75. The van der Waals surface area contributed by atoms with E-state index in [1.54, 1.807) is 0 Å². The number of imidazole rings is 1. The topological polar surface area (TPSA) is 56.1 Å². The maximum atomic E-state index is 12.0. The molecule has 1 unspecified atom stereocenters. The Bertz CT molecular complexity index is 634. The first kappa shape index (κ1) is 14.6. The quantitative estimate of drug-likeness (QED) is 0.918. The molecule has 2 aromatic rings. The molecular formula is C17H21N3O2. The molecule has 0 spiro atoms. The summed E-state index contributed by atoms with van der Waals surface area (Å²) in [7, 11) is 0. The van der Waals surface area contributed by atoms with Crippen LogP contribution >= 0.6 is 0 Å². The molecule has 2 heterocycles. The van der Waals surface area contributed by atoms with Gasteiger partial charge in [0.15, 0.2) is 6.61 Å². The minimum absolute atomic E-state index is 0.0543. The SMILES string of the molecule is CCc1ccc(OCC(=O)NC2CCc3nccn3C2)cc1. The summed E-state index contributed by atoms with van der Waals surface area (Å²) in [4.78, 5) is 16.3. The van der Waals surface area contributed by atoms with Crippen molar-refractivity contribution in [1.82, 2.24) is 14.9 Å². The molecule has 0 bridgehead atoms. The number of carbonyl (C=O) groups excluding carboxylic acids is 1. The van der Waals surface area contributed by atoms with Crippen molar-refractivity contribution in [2.24, 2.45) is 0 Å². The van der Waals surface area contributed by atoms with Crippen molar-refractivity contribution in [1.29, 1.82) is 0 Å². The van der Waals surface area contributed by atoms with Crippen molar-refractivity contribution < 1.29 is 9.53 Å². The molecule has 1 N–H and O–H groups in total. The Morgan fingerprint density at radius 3 is 3.00 bits per heavy atom. The molecule has 0 aliphatic carbocycles. The Labute approximate surface area is 130 Å². The van der Waals surface area contributed by atoms with Crippen LogP contribution in [0.15, 0.2) is 36.7 Å². The average Bonchev–Trinajstić information content (AvgIpc) is 3.01. The monoisotopic (exact) mass is 299 g/mol. The summed E-state index contributed by atoms with van der Waals surface area (Å²) in [6, 6.07) is 8.01. The number of aromatic nitrogens is 2. The number of aryl methyl sites for hydroxylation is 2. The normalized spacial score (nSPS) is 16.9. The zero-order valence-corrected chi connectivity index (χ0v) is 12.8. The highest BCUT2D eigenvalue weighted by atomic mass is 16.5. The summed E-state index contributed by atoms with van der Waals surface area (Å²) < 4.78 is 7.63. The summed E-state index contributed by atoms with van der Waals surface area (Å²) in [6.07, 6.45) is 6.59. The summed E-state index contributed by atoms with van der Waals surface area (Å²) in [5.41, 5.74) is 1.26. The second kappa shape index (κ2) is 6.64. The molecule has 116 valence electrons. The van der Waals surface area contributed by atoms with Gasteiger partial charge in [0.25, 0.3) is 5.91 Å². The molecule has 1 aliphatic heterocycles. The van der Waals surface area contributed by atoms with E-state index in [-0.39, 0.29) is 18.6 Å². The van der Waals surface area contributed by atoms with E-state index in [1.807, 2.05) is 36.7 Å². The lowest BCUT2D eigenvalue weighted by Crippen LogP contribution is -2.42. The molecule has 0 radical (unpaired) electrons. The molecule has 3 rings (SSSR count). The maximum absolute atomic E-state index is 12.0. The highest BCUT2D eigenvalue weighted by molar-refractivity contribution is 5.77. The fraction of sp³-hybridized carbons (Fsp3) is 0.412. The molecule has 1 aromatic heterocycles. The predicted molar refractivity (Wildman–Crippen MR) is 83.8 cm³/mol. The zero-order chi connectivity index (χ0) is 15.4. The van der Waals surface area contributed by atoms with E-state index < -0.39 is 0 Å². The number of nitrogens with one attached hydrogen (secondary N) is 1. The van der Waals surface area contributed by atoms with E-state index in [2.05, 4.69) is 21.8 Å². The van der Waals surface area contributed by atoms with Crippen LogP contribution in [0.25, 0.3) is 0 Å². The van der Waals surface area contributed by atoms with Crippen molar-refractivity contribution in [2.45, 2.75) is 38.8 Å². The first-order chi connectivity index (χ1) is 10.7. The number of nitrogens with zero attached hydrogens (tertiary/aromatic N) is 2. The van der Waals surface area contributed by atoms with Gasteiger partial charge in [0, 0.05) is 31.4 Å². The number of hydrogen-bond donors (Lipinski definition) is 1. The van der Waals surface area contributed by atoms with Crippen molar-refractivity contribution in [3.63, 3.8) is 0 Å². The van der Waals surface area contributed by atoms with Gasteiger partial charge >= 0.3 is 0 Å². The van der Waals surface area contributed by atoms with E-state index in [0.717, 1.165) is 37.4 Å². The van der Waals surface area contributed by atoms with Gasteiger partial charge in [0.1, 0.15) is 11.6 Å². The highest BCUT2D eigenvalue weighted by Gasteiger charge is 2.20. The van der Waals surface area contributed by atoms with Gasteiger partial charge in [-0.3, -0.25) is 4.79 Å². The molecule has 1 atom stereocenters. The summed E-state index contributed by atoms with van der Waals surface area (Å²) >= 11 is 0. The van der Waals surface area contributed by atoms with Gasteiger partial charge < -0.3 is 14.6 Å². The minimum Gasteiger partial charge on any atom is -0.484 e. The first-order valence-electron chi connectivity index (χ1n) is 7.75. The van der Waals surface area contributed by atoms with E-state index in [1.165, 1.54) is 5.56 Å². The fourth-order valence-electron chi connectivity index (χ4n) is 2.72. The van der Waals surface area contributed by atoms with Crippen LogP contribution in [0.3, 0.4) is 0 Å². The average molecular weight is 299 g/mol. The van der Waals surface area contributed by atoms with E-state index in [9.17, 15) is 4.79 Å². The van der Waals surface area contributed by atoms with Crippen molar-refractivity contribution >= 4 is 5.91 Å². The molecule has 22 heavy (non-hydrogen) atoms. The van der Waals surface area contributed by atoms with Gasteiger partial charge in [-0.25, -0.2) is 4.98 Å². The predicted octanol–water partition coefficient (Wildman–Crippen LogP) is 1.96. The molecule has 0 fully saturated rings. The molecule has 5 heteroatoms. The molecule has 0 saturated carbocycles. The summed E-state index contributed by atoms with van der Waals surface area (Å²) in [5, 5.41) is 3.03. The van der Waals surface area contributed by atoms with E-state index in [0.29, 0.717) is 0 Å². The van der Waals surface area contributed by atoms with Crippen LogP contribution in [0.5, 0.6) is 5.75 Å². The largest absolute Gasteiger partial charge is 0.484 e. The molecule has 5 nitrogen and oxygen atoms in total. The van der Waals surface area contributed by atoms with Crippen molar-refractivity contribution in [2.75, 3.05) is 6.61 Å². The highest BCUT2D eigenvalue weighted by Crippen LogP contribution is 2.14. The Morgan fingerprint density at radius 1 is 1.41 bits per heavy atom. The third-order valence-corrected chi connectivity index (χ3v) is 4.00. The van der Waals surface area contributed by atoms with Crippen LogP contribution in [0, 0.1) is 0 Å². The number of hydrogen-bond acceptors (Lipinski definition) is 3. The number of carbonyl (C=O) groups is 1. The van der Waals surface area contributed by atoms with Gasteiger partial charge in [0.2, 0.25) is 0 Å². The molecule has 1 amide bonds. The molecular weight excluding hydrogens is 278 g/mol. The number of benzene rings is 1. The van der Waals surface area contributed by atoms with Crippen molar-refractivity contribution in [3.8, 4) is 5.75 Å². The minimum atomic E-state index is -0.0758. The number of rotatable bonds is 5. The van der Waals surface area contributed by atoms with Crippen LogP contribution in [0.1, 0.15) is 24.7 Å². The third-order valence-electron chi connectivity index (χ3n) is 4.00. The lowest BCUT2D eigenvalue weighted by atomic mass is 10.1. The Kier molecular flexibility index (Phi) is 4.42. The van der Waals surface area contributed by atoms with Crippen LogP contribution < -0.4 is 10.1 Å². The number of ether oxygens (including phenoxy) is 1. The van der Waals surface area contributed by atoms with E-state index >= 15 is 0 Å². The number of fused-ring (bicyclic) bond motifs is 1.